The summed E-state index contributed by atoms with van der Waals surface area (Å²) in [6.07, 6.45) is 0. The van der Waals surface area contributed by atoms with Crippen LogP contribution in [0.25, 0.3) is 0 Å². The zero-order valence-corrected chi connectivity index (χ0v) is 13.4. The average Bonchev–Trinajstić information content (AvgIpc) is 2.30. The third-order valence-electron chi connectivity index (χ3n) is 2.12. The van der Waals surface area contributed by atoms with Crippen molar-refractivity contribution in [1.82, 2.24) is 16.0 Å². The molecular formula is C13H29N3O2S. The smallest absolute Gasteiger partial charge is 0.166 e. The quantitative estimate of drug-likeness (QED) is 0.388. The molecule has 0 unspecified atom stereocenters. The maximum Gasteiger partial charge on any atom is 0.166 e. The molecule has 0 atom stereocenters. The maximum atomic E-state index is 5.42. The van der Waals surface area contributed by atoms with Crippen LogP contribution in [0.4, 0.5) is 0 Å². The molecule has 0 saturated carbocycles. The van der Waals surface area contributed by atoms with Gasteiger partial charge in [-0.1, -0.05) is 13.8 Å². The Morgan fingerprint density at radius 1 is 0.895 bits per heavy atom. The fourth-order valence-electron chi connectivity index (χ4n) is 1.29. The van der Waals surface area contributed by atoms with E-state index in [1.165, 1.54) is 0 Å². The second-order valence-corrected chi connectivity index (χ2v) is 5.30. The van der Waals surface area contributed by atoms with Gasteiger partial charge in [-0.15, -0.1) is 0 Å². The molecule has 0 bridgehead atoms. The van der Waals surface area contributed by atoms with Gasteiger partial charge in [0.25, 0.3) is 0 Å². The lowest BCUT2D eigenvalue weighted by atomic mass is 10.4. The molecule has 0 aromatic carbocycles. The van der Waals surface area contributed by atoms with E-state index in [0.29, 0.717) is 43.6 Å². The first-order chi connectivity index (χ1) is 9.02. The van der Waals surface area contributed by atoms with Gasteiger partial charge in [-0.3, -0.25) is 0 Å². The lowest BCUT2D eigenvalue weighted by Crippen LogP contribution is -2.40. The van der Waals surface area contributed by atoms with E-state index in [9.17, 15) is 0 Å². The van der Waals surface area contributed by atoms with Gasteiger partial charge in [0.1, 0.15) is 0 Å². The molecule has 5 nitrogen and oxygen atoms in total. The summed E-state index contributed by atoms with van der Waals surface area (Å²) in [6, 6.07) is 0.864. The third-order valence-corrected chi connectivity index (χ3v) is 2.38. The second-order valence-electron chi connectivity index (χ2n) is 4.89. The van der Waals surface area contributed by atoms with Gasteiger partial charge in [-0.2, -0.15) is 0 Å². The van der Waals surface area contributed by atoms with Crippen LogP contribution in [-0.4, -0.2) is 56.7 Å². The normalized spacial score (nSPS) is 11.1. The topological polar surface area (TPSA) is 54.5 Å². The summed E-state index contributed by atoms with van der Waals surface area (Å²) in [7, 11) is 0. The lowest BCUT2D eigenvalue weighted by molar-refractivity contribution is 0.0505. The van der Waals surface area contributed by atoms with Crippen LogP contribution in [0.3, 0.4) is 0 Å². The van der Waals surface area contributed by atoms with E-state index < -0.39 is 0 Å². The standard InChI is InChI=1S/C13H29N3O2S/c1-11(2)14-5-7-17-9-10-18-8-6-15-13(19)16-12(3)4/h11-12,14H,5-10H2,1-4H3,(H2,15,16,19). The molecule has 0 heterocycles. The van der Waals surface area contributed by atoms with E-state index >= 15 is 0 Å². The van der Waals surface area contributed by atoms with E-state index in [0.717, 1.165) is 13.2 Å². The van der Waals surface area contributed by atoms with Crippen molar-refractivity contribution in [2.45, 2.75) is 39.8 Å². The highest BCUT2D eigenvalue weighted by Crippen LogP contribution is 1.81. The molecule has 19 heavy (non-hydrogen) atoms. The fraction of sp³-hybridized carbons (Fsp3) is 0.923. The van der Waals surface area contributed by atoms with Crippen LogP contribution in [0.1, 0.15) is 27.7 Å². The second kappa shape index (κ2) is 12.6. The molecule has 0 radical (unpaired) electrons. The number of hydrogen-bond acceptors (Lipinski definition) is 4. The summed E-state index contributed by atoms with van der Waals surface area (Å²) < 4.78 is 10.8. The molecule has 0 aliphatic heterocycles. The van der Waals surface area contributed by atoms with Gasteiger partial charge in [-0.25, -0.2) is 0 Å². The van der Waals surface area contributed by atoms with Crippen LogP contribution in [0.5, 0.6) is 0 Å². The Hall–Kier alpha value is -0.430. The van der Waals surface area contributed by atoms with Crippen molar-refractivity contribution in [2.24, 2.45) is 0 Å². The van der Waals surface area contributed by atoms with Gasteiger partial charge in [0.15, 0.2) is 5.11 Å². The highest BCUT2D eigenvalue weighted by atomic mass is 32.1. The highest BCUT2D eigenvalue weighted by molar-refractivity contribution is 7.80. The van der Waals surface area contributed by atoms with Crippen molar-refractivity contribution in [3.05, 3.63) is 0 Å². The molecule has 0 saturated heterocycles. The molecule has 0 aliphatic carbocycles. The number of hydrogen-bond donors (Lipinski definition) is 3. The largest absolute Gasteiger partial charge is 0.378 e. The van der Waals surface area contributed by atoms with Crippen LogP contribution in [-0.2, 0) is 9.47 Å². The molecule has 0 rings (SSSR count). The Bertz CT molecular complexity index is 226. The summed E-state index contributed by atoms with van der Waals surface area (Å²) in [6.45, 7) is 12.6. The molecule has 0 spiro atoms. The number of rotatable bonds is 11. The van der Waals surface area contributed by atoms with Crippen molar-refractivity contribution < 1.29 is 9.47 Å². The molecule has 3 N–H and O–H groups in total. The van der Waals surface area contributed by atoms with Crippen LogP contribution in [0, 0.1) is 0 Å². The molecule has 0 aromatic rings. The highest BCUT2D eigenvalue weighted by Gasteiger charge is 1.97. The number of thiocarbonyl (C=S) groups is 1. The van der Waals surface area contributed by atoms with E-state index in [4.69, 9.17) is 21.7 Å². The Morgan fingerprint density at radius 2 is 1.47 bits per heavy atom. The van der Waals surface area contributed by atoms with Crippen LogP contribution >= 0.6 is 12.2 Å². The molecule has 0 aromatic heterocycles. The number of ether oxygens (including phenoxy) is 2. The molecule has 114 valence electrons. The summed E-state index contributed by atoms with van der Waals surface area (Å²) in [4.78, 5) is 0. The van der Waals surface area contributed by atoms with Gasteiger partial charge >= 0.3 is 0 Å². The fourth-order valence-corrected chi connectivity index (χ4v) is 1.63. The van der Waals surface area contributed by atoms with Gasteiger partial charge in [0.2, 0.25) is 0 Å². The monoisotopic (exact) mass is 291 g/mol. The Balaban J connectivity index is 3.13. The summed E-state index contributed by atoms with van der Waals surface area (Å²) in [5.41, 5.74) is 0. The molecule has 0 amide bonds. The van der Waals surface area contributed by atoms with Crippen LogP contribution in [0.15, 0.2) is 0 Å². The zero-order valence-electron chi connectivity index (χ0n) is 12.6. The minimum atomic E-state index is 0.355. The molecular weight excluding hydrogens is 262 g/mol. The van der Waals surface area contributed by atoms with E-state index in [1.54, 1.807) is 0 Å². The maximum absolute atomic E-state index is 5.42. The minimum Gasteiger partial charge on any atom is -0.378 e. The first-order valence-corrected chi connectivity index (χ1v) is 7.36. The van der Waals surface area contributed by atoms with E-state index in [1.807, 2.05) is 0 Å². The van der Waals surface area contributed by atoms with Gasteiger partial charge in [0.05, 0.1) is 26.4 Å². The predicted molar refractivity (Wildman–Crippen MR) is 83.6 cm³/mol. The van der Waals surface area contributed by atoms with Crippen molar-refractivity contribution >= 4 is 17.3 Å². The van der Waals surface area contributed by atoms with Crippen molar-refractivity contribution in [2.75, 3.05) is 39.5 Å². The minimum absolute atomic E-state index is 0.355. The van der Waals surface area contributed by atoms with E-state index in [2.05, 4.69) is 43.6 Å². The Morgan fingerprint density at radius 3 is 2.00 bits per heavy atom. The summed E-state index contributed by atoms with van der Waals surface area (Å²) in [5.74, 6) is 0. The van der Waals surface area contributed by atoms with Crippen molar-refractivity contribution in [1.29, 1.82) is 0 Å². The van der Waals surface area contributed by atoms with Crippen molar-refractivity contribution in [3.63, 3.8) is 0 Å². The Labute approximate surface area is 122 Å². The average molecular weight is 291 g/mol. The van der Waals surface area contributed by atoms with Crippen molar-refractivity contribution in [3.8, 4) is 0 Å². The van der Waals surface area contributed by atoms with Crippen LogP contribution < -0.4 is 16.0 Å². The van der Waals surface area contributed by atoms with Gasteiger partial charge in [0, 0.05) is 25.2 Å². The number of nitrogens with one attached hydrogen (secondary N) is 3. The first kappa shape index (κ1) is 18.6. The van der Waals surface area contributed by atoms with E-state index in [-0.39, 0.29) is 0 Å². The van der Waals surface area contributed by atoms with Gasteiger partial charge in [-0.05, 0) is 26.1 Å². The third kappa shape index (κ3) is 15.5. The molecule has 0 aliphatic rings. The van der Waals surface area contributed by atoms with Gasteiger partial charge < -0.3 is 25.4 Å². The lowest BCUT2D eigenvalue weighted by Gasteiger charge is -2.13. The molecule has 0 fully saturated rings. The SMILES string of the molecule is CC(C)NCCOCCOCCNC(=S)NC(C)C. The Kier molecular flexibility index (Phi) is 12.3. The zero-order chi connectivity index (χ0) is 14.5. The molecule has 6 heteroatoms. The predicted octanol–water partition coefficient (Wildman–Crippen LogP) is 0.890. The van der Waals surface area contributed by atoms with Crippen LogP contribution in [0.2, 0.25) is 0 Å². The first-order valence-electron chi connectivity index (χ1n) is 6.95. The summed E-state index contributed by atoms with van der Waals surface area (Å²) >= 11 is 5.09. The summed E-state index contributed by atoms with van der Waals surface area (Å²) in [5, 5.41) is 10.2.